The summed E-state index contributed by atoms with van der Waals surface area (Å²) >= 11 is 0. The number of carbonyl (C=O) groups is 3. The van der Waals surface area contributed by atoms with E-state index in [9.17, 15) is 14.4 Å². The Morgan fingerprint density at radius 1 is 0.355 bits per heavy atom. The van der Waals surface area contributed by atoms with Gasteiger partial charge in [0, 0.05) is 19.3 Å². The lowest BCUT2D eigenvalue weighted by Crippen LogP contribution is -2.30. The van der Waals surface area contributed by atoms with Gasteiger partial charge in [-0.3, -0.25) is 14.4 Å². The van der Waals surface area contributed by atoms with Gasteiger partial charge in [0.05, 0.1) is 0 Å². The van der Waals surface area contributed by atoms with Gasteiger partial charge in [0.1, 0.15) is 13.2 Å². The summed E-state index contributed by atoms with van der Waals surface area (Å²) in [5, 5.41) is 0. The molecule has 0 N–H and O–H groups in total. The molecule has 0 aliphatic rings. The molecule has 0 fully saturated rings. The van der Waals surface area contributed by atoms with Gasteiger partial charge in [-0.25, -0.2) is 0 Å². The topological polar surface area (TPSA) is 78.9 Å². The average molecular weight is 867 g/mol. The summed E-state index contributed by atoms with van der Waals surface area (Å²) in [6.45, 7) is 6.45. The van der Waals surface area contributed by atoms with Gasteiger partial charge in [-0.05, 0) is 57.8 Å². The van der Waals surface area contributed by atoms with Crippen LogP contribution in [-0.4, -0.2) is 37.2 Å². The predicted octanol–water partition coefficient (Wildman–Crippen LogP) is 17.3. The lowest BCUT2D eigenvalue weighted by Gasteiger charge is -2.18. The van der Waals surface area contributed by atoms with Crippen LogP contribution in [0.1, 0.15) is 258 Å². The average Bonchev–Trinajstić information content (AvgIpc) is 3.27. The molecule has 358 valence electrons. The van der Waals surface area contributed by atoms with Crippen molar-refractivity contribution < 1.29 is 28.6 Å². The van der Waals surface area contributed by atoms with Crippen LogP contribution >= 0.6 is 0 Å². The van der Waals surface area contributed by atoms with Crippen molar-refractivity contribution in [3.63, 3.8) is 0 Å². The van der Waals surface area contributed by atoms with E-state index in [-0.39, 0.29) is 37.5 Å². The molecular weight excluding hydrogens is 769 g/mol. The first kappa shape index (κ1) is 59.1. The van der Waals surface area contributed by atoms with E-state index < -0.39 is 6.10 Å². The second-order valence-electron chi connectivity index (χ2n) is 17.5. The molecule has 0 saturated carbocycles. The summed E-state index contributed by atoms with van der Waals surface area (Å²) in [6, 6.07) is 0. The minimum absolute atomic E-state index is 0.0942. The third-order valence-electron chi connectivity index (χ3n) is 11.3. The van der Waals surface area contributed by atoms with Crippen LogP contribution in [0.5, 0.6) is 0 Å². The largest absolute Gasteiger partial charge is 0.462 e. The number of esters is 3. The summed E-state index contributed by atoms with van der Waals surface area (Å²) in [5.41, 5.74) is 0. The number of hydrogen-bond donors (Lipinski definition) is 0. The van der Waals surface area contributed by atoms with E-state index >= 15 is 0 Å². The highest BCUT2D eigenvalue weighted by Crippen LogP contribution is 2.15. The monoisotopic (exact) mass is 867 g/mol. The van der Waals surface area contributed by atoms with Crippen LogP contribution in [0.15, 0.2) is 60.8 Å². The molecule has 0 rings (SSSR count). The molecule has 0 bridgehead atoms. The van der Waals surface area contributed by atoms with Crippen LogP contribution in [-0.2, 0) is 28.6 Å². The summed E-state index contributed by atoms with van der Waals surface area (Å²) in [5.74, 6) is -0.971. The highest BCUT2D eigenvalue weighted by atomic mass is 16.6. The maximum atomic E-state index is 12.8. The second-order valence-corrected chi connectivity index (χ2v) is 17.5. The molecule has 0 aromatic carbocycles. The summed E-state index contributed by atoms with van der Waals surface area (Å²) < 4.78 is 16.7. The number of rotatable bonds is 47. The zero-order chi connectivity index (χ0) is 45.1. The second kappa shape index (κ2) is 50.8. The SMILES string of the molecule is CC\C=C/C=C\C=C/CCCCCCCCCC(=O)OC(COC(=O)CC/C=C\C/C=C\CCCCCCCC)COC(=O)CCCCCCCCCCCCCCCCCC. The normalized spacial score (nSPS) is 12.5. The predicted molar refractivity (Wildman–Crippen MR) is 265 cm³/mol. The lowest BCUT2D eigenvalue weighted by atomic mass is 10.0. The Balaban J connectivity index is 4.43. The Hall–Kier alpha value is -2.89. The first-order valence-electron chi connectivity index (χ1n) is 26.3. The first-order valence-corrected chi connectivity index (χ1v) is 26.3. The Morgan fingerprint density at radius 3 is 1.19 bits per heavy atom. The van der Waals surface area contributed by atoms with Gasteiger partial charge in [0.25, 0.3) is 0 Å². The fraction of sp³-hybridized carbons (Fsp3) is 0.768. The van der Waals surface area contributed by atoms with Crippen molar-refractivity contribution in [2.75, 3.05) is 13.2 Å². The fourth-order valence-corrected chi connectivity index (χ4v) is 7.38. The van der Waals surface area contributed by atoms with E-state index in [1.165, 1.54) is 148 Å². The van der Waals surface area contributed by atoms with Crippen molar-refractivity contribution in [3.8, 4) is 0 Å². The summed E-state index contributed by atoms with van der Waals surface area (Å²) in [4.78, 5) is 37.9. The molecule has 6 nitrogen and oxygen atoms in total. The first-order chi connectivity index (χ1) is 30.5. The Morgan fingerprint density at radius 2 is 0.726 bits per heavy atom. The zero-order valence-electron chi connectivity index (χ0n) is 40.9. The molecule has 1 unspecified atom stereocenters. The van der Waals surface area contributed by atoms with Crippen LogP contribution in [0.4, 0.5) is 0 Å². The number of carbonyl (C=O) groups excluding carboxylic acids is 3. The van der Waals surface area contributed by atoms with Crippen molar-refractivity contribution in [2.24, 2.45) is 0 Å². The molecule has 6 heteroatoms. The van der Waals surface area contributed by atoms with Gasteiger partial charge in [0.2, 0.25) is 0 Å². The van der Waals surface area contributed by atoms with Crippen molar-refractivity contribution in [1.82, 2.24) is 0 Å². The number of ether oxygens (including phenoxy) is 3. The van der Waals surface area contributed by atoms with Gasteiger partial charge in [0.15, 0.2) is 6.10 Å². The standard InChI is InChI=1S/C56H98O6/c1-4-7-10-13-16-19-22-25-27-29-31-34-37-40-43-46-49-55(58)61-52-53(51-60-54(57)48-45-42-39-36-33-30-24-21-18-15-12-9-6-3)62-56(59)50-47-44-41-38-35-32-28-26-23-20-17-14-11-8-5-2/h8,11,14,17,20,23,30,33,39,42,53H,4-7,9-10,12-13,15-16,18-19,21-22,24-29,31-32,34-38,40-41,43-52H2,1-3H3/b11-8-,17-14-,23-20-,33-30-,42-39-. The van der Waals surface area contributed by atoms with Gasteiger partial charge < -0.3 is 14.2 Å². The van der Waals surface area contributed by atoms with Crippen LogP contribution in [0.25, 0.3) is 0 Å². The number of allylic oxidation sites excluding steroid dienone is 10. The Labute approximate surface area is 383 Å². The lowest BCUT2D eigenvalue weighted by molar-refractivity contribution is -0.166. The van der Waals surface area contributed by atoms with Gasteiger partial charge in [-0.1, -0.05) is 242 Å². The molecule has 0 aliphatic heterocycles. The zero-order valence-corrected chi connectivity index (χ0v) is 40.9. The van der Waals surface area contributed by atoms with Crippen molar-refractivity contribution >= 4 is 17.9 Å². The van der Waals surface area contributed by atoms with Crippen LogP contribution in [0, 0.1) is 0 Å². The minimum Gasteiger partial charge on any atom is -0.462 e. The van der Waals surface area contributed by atoms with Crippen LogP contribution in [0.2, 0.25) is 0 Å². The highest BCUT2D eigenvalue weighted by Gasteiger charge is 2.19. The molecule has 0 spiro atoms. The van der Waals surface area contributed by atoms with Crippen molar-refractivity contribution in [2.45, 2.75) is 264 Å². The fourth-order valence-electron chi connectivity index (χ4n) is 7.38. The maximum absolute atomic E-state index is 12.8. The maximum Gasteiger partial charge on any atom is 0.306 e. The van der Waals surface area contributed by atoms with Crippen molar-refractivity contribution in [1.29, 1.82) is 0 Å². The van der Waals surface area contributed by atoms with E-state index in [4.69, 9.17) is 14.2 Å². The van der Waals surface area contributed by atoms with Crippen LogP contribution < -0.4 is 0 Å². The molecule has 0 amide bonds. The van der Waals surface area contributed by atoms with Gasteiger partial charge in [-0.15, -0.1) is 0 Å². The number of hydrogen-bond acceptors (Lipinski definition) is 6. The Kier molecular flexibility index (Phi) is 48.4. The van der Waals surface area contributed by atoms with Gasteiger partial charge >= 0.3 is 17.9 Å². The molecule has 1 atom stereocenters. The molecule has 0 aliphatic carbocycles. The highest BCUT2D eigenvalue weighted by molar-refractivity contribution is 5.71. The number of unbranched alkanes of at least 4 members (excludes halogenated alkanes) is 28. The minimum atomic E-state index is -0.800. The molecular formula is C56H98O6. The molecule has 0 heterocycles. The third-order valence-corrected chi connectivity index (χ3v) is 11.3. The molecule has 0 radical (unpaired) electrons. The van der Waals surface area contributed by atoms with E-state index in [1.807, 2.05) is 6.08 Å². The van der Waals surface area contributed by atoms with E-state index in [2.05, 4.69) is 75.5 Å². The third kappa shape index (κ3) is 48.1. The van der Waals surface area contributed by atoms with E-state index in [0.29, 0.717) is 19.3 Å². The summed E-state index contributed by atoms with van der Waals surface area (Å²) in [6.07, 6.45) is 62.2. The quantitative estimate of drug-likeness (QED) is 0.0199. The Bertz CT molecular complexity index is 1130. The smallest absolute Gasteiger partial charge is 0.306 e. The van der Waals surface area contributed by atoms with E-state index in [0.717, 1.165) is 64.2 Å². The molecule has 0 aromatic heterocycles. The van der Waals surface area contributed by atoms with Crippen molar-refractivity contribution in [3.05, 3.63) is 60.8 Å². The molecule has 0 saturated heterocycles. The van der Waals surface area contributed by atoms with Crippen LogP contribution in [0.3, 0.4) is 0 Å². The van der Waals surface area contributed by atoms with Gasteiger partial charge in [-0.2, -0.15) is 0 Å². The molecule has 0 aromatic rings. The van der Waals surface area contributed by atoms with E-state index in [1.54, 1.807) is 0 Å². The summed E-state index contributed by atoms with van der Waals surface area (Å²) in [7, 11) is 0. The molecule has 62 heavy (non-hydrogen) atoms.